The van der Waals surface area contributed by atoms with Gasteiger partial charge in [-0.05, 0) is 78.1 Å². The third kappa shape index (κ3) is 7.81. The zero-order valence-corrected chi connectivity index (χ0v) is 25.7. The number of carbonyl (C=O) groups excluding carboxylic acids is 2. The molecule has 0 heterocycles. The van der Waals surface area contributed by atoms with Gasteiger partial charge in [-0.15, -0.1) is 0 Å². The van der Waals surface area contributed by atoms with Gasteiger partial charge in [-0.1, -0.05) is 84.9 Å². The van der Waals surface area contributed by atoms with Crippen molar-refractivity contribution in [1.82, 2.24) is 9.62 Å². The third-order valence-corrected chi connectivity index (χ3v) is 10.1. The molecule has 0 atom stereocenters. The van der Waals surface area contributed by atoms with Crippen molar-refractivity contribution in [3.63, 3.8) is 0 Å². The predicted octanol–water partition coefficient (Wildman–Crippen LogP) is 6.45. The average molecular weight is 611 g/mol. The zero-order valence-electron chi connectivity index (χ0n) is 24.9. The Morgan fingerprint density at radius 2 is 1.32 bits per heavy atom. The summed E-state index contributed by atoms with van der Waals surface area (Å²) >= 11 is 0. The molecular weight excluding hydrogens is 572 g/mol. The zero-order chi connectivity index (χ0) is 30.9. The second-order valence-corrected chi connectivity index (χ2v) is 13.2. The standard InChI is InChI=1S/C36H38N2O5S/c1-43-36(40)33-22-12-27(13-23-33)24-37-35(39)32-20-16-29(17-21-32)26-38(44(41,42)34-10-6-3-7-11-34)25-28-14-18-31(19-15-28)30-8-4-2-5-9-30/h2-15,18-19,22-23,29,32H,16-17,20-21,24-26H2,1H3,(H,37,39). The van der Waals surface area contributed by atoms with Crippen molar-refractivity contribution in [2.45, 2.75) is 43.7 Å². The number of nitrogens with one attached hydrogen (secondary N) is 1. The number of nitrogens with zero attached hydrogens (tertiary/aromatic N) is 1. The van der Waals surface area contributed by atoms with Gasteiger partial charge in [0.1, 0.15) is 0 Å². The Labute approximate surface area is 259 Å². The van der Waals surface area contributed by atoms with Gasteiger partial charge in [0.05, 0.1) is 17.6 Å². The van der Waals surface area contributed by atoms with Crippen LogP contribution in [-0.4, -0.2) is 38.3 Å². The highest BCUT2D eigenvalue weighted by molar-refractivity contribution is 7.89. The van der Waals surface area contributed by atoms with Gasteiger partial charge >= 0.3 is 5.97 Å². The predicted molar refractivity (Wildman–Crippen MR) is 171 cm³/mol. The van der Waals surface area contributed by atoms with Crippen molar-refractivity contribution in [3.05, 3.63) is 126 Å². The largest absolute Gasteiger partial charge is 0.465 e. The first kappa shape index (κ1) is 31.2. The summed E-state index contributed by atoms with van der Waals surface area (Å²) in [5.74, 6) is -0.335. The molecule has 0 aliphatic heterocycles. The Bertz CT molecular complexity index is 1630. The molecule has 0 saturated heterocycles. The molecular formula is C36H38N2O5S. The molecule has 8 heteroatoms. The lowest BCUT2D eigenvalue weighted by molar-refractivity contribution is -0.126. The molecule has 4 aromatic rings. The number of hydrogen-bond acceptors (Lipinski definition) is 5. The second kappa shape index (κ2) is 14.5. The molecule has 0 aromatic heterocycles. The lowest BCUT2D eigenvalue weighted by Gasteiger charge is -2.32. The van der Waals surface area contributed by atoms with E-state index in [0.717, 1.165) is 35.1 Å². The number of methoxy groups -OCH3 is 1. The van der Waals surface area contributed by atoms with Gasteiger partial charge in [0, 0.05) is 25.6 Å². The van der Waals surface area contributed by atoms with Crippen LogP contribution < -0.4 is 5.32 Å². The molecule has 1 N–H and O–H groups in total. The summed E-state index contributed by atoms with van der Waals surface area (Å²) in [4.78, 5) is 24.9. The van der Waals surface area contributed by atoms with Gasteiger partial charge < -0.3 is 10.1 Å². The van der Waals surface area contributed by atoms with E-state index in [9.17, 15) is 18.0 Å². The molecule has 5 rings (SSSR count). The first-order chi connectivity index (χ1) is 21.3. The second-order valence-electron chi connectivity index (χ2n) is 11.3. The molecule has 1 saturated carbocycles. The minimum Gasteiger partial charge on any atom is -0.465 e. The molecule has 44 heavy (non-hydrogen) atoms. The summed E-state index contributed by atoms with van der Waals surface area (Å²) in [6, 6.07) is 33.8. The SMILES string of the molecule is COC(=O)c1ccc(CNC(=O)C2CCC(CN(Cc3ccc(-c4ccccc4)cc3)S(=O)(=O)c3ccccc3)CC2)cc1. The van der Waals surface area contributed by atoms with Crippen LogP contribution in [0.2, 0.25) is 0 Å². The number of hydrogen-bond donors (Lipinski definition) is 1. The number of sulfonamides is 1. The van der Waals surface area contributed by atoms with Crippen LogP contribution in [0.15, 0.2) is 114 Å². The fraction of sp³-hybridized carbons (Fsp3) is 0.278. The van der Waals surface area contributed by atoms with Gasteiger partial charge in [0.25, 0.3) is 0 Å². The maximum atomic E-state index is 13.8. The highest BCUT2D eigenvalue weighted by Gasteiger charge is 2.31. The molecule has 228 valence electrons. The summed E-state index contributed by atoms with van der Waals surface area (Å²) in [5, 5.41) is 3.02. The third-order valence-electron chi connectivity index (χ3n) is 8.32. The Balaban J connectivity index is 1.20. The van der Waals surface area contributed by atoms with Crippen LogP contribution in [-0.2, 0) is 32.6 Å². The van der Waals surface area contributed by atoms with Crippen LogP contribution in [0.25, 0.3) is 11.1 Å². The number of esters is 1. The first-order valence-electron chi connectivity index (χ1n) is 15.0. The van der Waals surface area contributed by atoms with Crippen LogP contribution in [0.5, 0.6) is 0 Å². The number of rotatable bonds is 11. The molecule has 0 bridgehead atoms. The Kier molecular flexibility index (Phi) is 10.2. The van der Waals surface area contributed by atoms with E-state index >= 15 is 0 Å². The van der Waals surface area contributed by atoms with Crippen molar-refractivity contribution in [1.29, 1.82) is 0 Å². The average Bonchev–Trinajstić information content (AvgIpc) is 3.08. The fourth-order valence-corrected chi connectivity index (χ4v) is 7.26. The van der Waals surface area contributed by atoms with E-state index < -0.39 is 16.0 Å². The van der Waals surface area contributed by atoms with E-state index in [0.29, 0.717) is 31.5 Å². The lowest BCUT2D eigenvalue weighted by atomic mass is 9.81. The van der Waals surface area contributed by atoms with Crippen LogP contribution in [0.3, 0.4) is 0 Å². The van der Waals surface area contributed by atoms with Crippen LogP contribution >= 0.6 is 0 Å². The molecule has 0 spiro atoms. The van der Waals surface area contributed by atoms with Gasteiger partial charge in [0.2, 0.25) is 15.9 Å². The van der Waals surface area contributed by atoms with Crippen molar-refractivity contribution in [3.8, 4) is 11.1 Å². The summed E-state index contributed by atoms with van der Waals surface area (Å²) in [6.07, 6.45) is 2.98. The van der Waals surface area contributed by atoms with Crippen LogP contribution in [0, 0.1) is 11.8 Å². The smallest absolute Gasteiger partial charge is 0.337 e. The molecule has 0 unspecified atom stereocenters. The van der Waals surface area contributed by atoms with E-state index in [-0.39, 0.29) is 29.2 Å². The molecule has 0 radical (unpaired) electrons. The summed E-state index contributed by atoms with van der Waals surface area (Å²) < 4.78 is 33.9. The summed E-state index contributed by atoms with van der Waals surface area (Å²) in [5.41, 5.74) is 4.50. The van der Waals surface area contributed by atoms with E-state index in [4.69, 9.17) is 4.74 Å². The number of carbonyl (C=O) groups is 2. The lowest BCUT2D eigenvalue weighted by Crippen LogP contribution is -2.38. The quantitative estimate of drug-likeness (QED) is 0.197. The number of benzene rings is 4. The molecule has 7 nitrogen and oxygen atoms in total. The Hall–Kier alpha value is -4.27. The normalized spacial score (nSPS) is 16.8. The molecule has 1 amide bonds. The summed E-state index contributed by atoms with van der Waals surface area (Å²) in [7, 11) is -2.37. The van der Waals surface area contributed by atoms with Gasteiger partial charge in [-0.3, -0.25) is 4.79 Å². The maximum Gasteiger partial charge on any atom is 0.337 e. The van der Waals surface area contributed by atoms with Gasteiger partial charge in [-0.2, -0.15) is 4.31 Å². The molecule has 1 aliphatic rings. The minimum atomic E-state index is -3.72. The van der Waals surface area contributed by atoms with E-state index in [1.807, 2.05) is 48.5 Å². The van der Waals surface area contributed by atoms with E-state index in [2.05, 4.69) is 17.4 Å². The van der Waals surface area contributed by atoms with Gasteiger partial charge in [0.15, 0.2) is 0 Å². The highest BCUT2D eigenvalue weighted by Crippen LogP contribution is 2.32. The van der Waals surface area contributed by atoms with Crippen LogP contribution in [0.4, 0.5) is 0 Å². The minimum absolute atomic E-state index is 0.00719. The fourth-order valence-electron chi connectivity index (χ4n) is 5.73. The Morgan fingerprint density at radius 3 is 1.93 bits per heavy atom. The monoisotopic (exact) mass is 610 g/mol. The first-order valence-corrected chi connectivity index (χ1v) is 16.4. The number of amides is 1. The topological polar surface area (TPSA) is 92.8 Å². The Morgan fingerprint density at radius 1 is 0.750 bits per heavy atom. The van der Waals surface area contributed by atoms with Crippen molar-refractivity contribution in [2.75, 3.05) is 13.7 Å². The maximum absolute atomic E-state index is 13.8. The van der Waals surface area contributed by atoms with Crippen molar-refractivity contribution < 1.29 is 22.7 Å². The van der Waals surface area contributed by atoms with Crippen molar-refractivity contribution >= 4 is 21.9 Å². The molecule has 4 aromatic carbocycles. The van der Waals surface area contributed by atoms with Crippen LogP contribution in [0.1, 0.15) is 47.2 Å². The van der Waals surface area contributed by atoms with E-state index in [1.54, 1.807) is 52.8 Å². The van der Waals surface area contributed by atoms with Crippen molar-refractivity contribution in [2.24, 2.45) is 11.8 Å². The summed E-state index contributed by atoms with van der Waals surface area (Å²) in [6.45, 7) is 1.06. The van der Waals surface area contributed by atoms with Gasteiger partial charge in [-0.25, -0.2) is 13.2 Å². The highest BCUT2D eigenvalue weighted by atomic mass is 32.2. The molecule has 1 fully saturated rings. The van der Waals surface area contributed by atoms with E-state index in [1.165, 1.54) is 7.11 Å². The molecule has 1 aliphatic carbocycles. The number of ether oxygens (including phenoxy) is 1.